The van der Waals surface area contributed by atoms with E-state index in [1.807, 2.05) is 0 Å². The van der Waals surface area contributed by atoms with Crippen LogP contribution in [-0.2, 0) is 0 Å². The van der Waals surface area contributed by atoms with Crippen molar-refractivity contribution in [3.8, 4) is 0 Å². The smallest absolute Gasteiger partial charge is 0.257 e. The van der Waals surface area contributed by atoms with E-state index in [1.165, 1.54) is 12.3 Å². The van der Waals surface area contributed by atoms with Crippen molar-refractivity contribution in [2.75, 3.05) is 5.32 Å². The number of halogens is 4. The minimum absolute atomic E-state index is 0.212. The molecule has 0 fully saturated rings. The van der Waals surface area contributed by atoms with E-state index in [0.29, 0.717) is 10.7 Å². The Labute approximate surface area is 120 Å². The molecule has 0 radical (unpaired) electrons. The number of pyridine rings is 1. The van der Waals surface area contributed by atoms with Crippen LogP contribution in [0.4, 0.5) is 14.5 Å². The van der Waals surface area contributed by atoms with E-state index >= 15 is 0 Å². The average molecular weight is 348 g/mol. The van der Waals surface area contributed by atoms with E-state index in [4.69, 9.17) is 11.6 Å². The van der Waals surface area contributed by atoms with Crippen LogP contribution in [0.1, 0.15) is 10.4 Å². The summed E-state index contributed by atoms with van der Waals surface area (Å²) in [6, 6.07) is 4.63. The molecule has 0 spiro atoms. The first kappa shape index (κ1) is 13.9. The van der Waals surface area contributed by atoms with Gasteiger partial charge in [-0.25, -0.2) is 13.8 Å². The molecule has 1 heterocycles. The maximum absolute atomic E-state index is 13.5. The quantitative estimate of drug-likeness (QED) is 0.834. The van der Waals surface area contributed by atoms with Crippen LogP contribution < -0.4 is 5.32 Å². The molecule has 0 aliphatic carbocycles. The number of benzene rings is 1. The molecule has 98 valence electrons. The maximum Gasteiger partial charge on any atom is 0.257 e. The number of hydrogen-bond acceptors (Lipinski definition) is 2. The van der Waals surface area contributed by atoms with Gasteiger partial charge in [0.1, 0.15) is 10.4 Å². The highest BCUT2D eigenvalue weighted by molar-refractivity contribution is 9.10. The van der Waals surface area contributed by atoms with Gasteiger partial charge >= 0.3 is 0 Å². The fourth-order valence-electron chi connectivity index (χ4n) is 1.36. The van der Waals surface area contributed by atoms with E-state index in [1.54, 1.807) is 6.07 Å². The minimum atomic E-state index is -0.941. The molecule has 1 aromatic heterocycles. The number of aromatic nitrogens is 1. The lowest BCUT2D eigenvalue weighted by molar-refractivity contribution is 0.102. The molecule has 0 unspecified atom stereocenters. The zero-order chi connectivity index (χ0) is 14.0. The fraction of sp³-hybridized carbons (Fsp3) is 0. The van der Waals surface area contributed by atoms with Crippen LogP contribution in [0.3, 0.4) is 0 Å². The number of carbonyl (C=O) groups excluding carboxylic acids is 1. The number of nitrogens with zero attached hydrogens (tertiary/aromatic N) is 1. The van der Waals surface area contributed by atoms with Crippen molar-refractivity contribution >= 4 is 39.1 Å². The van der Waals surface area contributed by atoms with Crippen molar-refractivity contribution < 1.29 is 13.6 Å². The first-order chi connectivity index (χ1) is 8.97. The number of nitrogens with one attached hydrogen (secondary N) is 1. The summed E-state index contributed by atoms with van der Waals surface area (Å²) in [5.74, 6) is -2.35. The fourth-order valence-corrected chi connectivity index (χ4v) is 1.83. The van der Waals surface area contributed by atoms with Gasteiger partial charge in [0.25, 0.3) is 5.91 Å². The highest BCUT2D eigenvalue weighted by Crippen LogP contribution is 2.26. The summed E-state index contributed by atoms with van der Waals surface area (Å²) < 4.78 is 26.9. The number of amides is 1. The molecule has 1 amide bonds. The van der Waals surface area contributed by atoms with Crippen LogP contribution in [-0.4, -0.2) is 10.9 Å². The Morgan fingerprint density at radius 3 is 2.63 bits per heavy atom. The molecule has 1 aromatic carbocycles. The van der Waals surface area contributed by atoms with Crippen molar-refractivity contribution in [3.05, 3.63) is 57.3 Å². The third-order valence-corrected chi connectivity index (χ3v) is 3.00. The van der Waals surface area contributed by atoms with E-state index in [9.17, 15) is 13.6 Å². The van der Waals surface area contributed by atoms with Crippen LogP contribution in [0.15, 0.2) is 35.1 Å². The number of anilines is 1. The molecule has 3 nitrogen and oxygen atoms in total. The van der Waals surface area contributed by atoms with Gasteiger partial charge in [0.05, 0.1) is 16.3 Å². The maximum atomic E-state index is 13.5. The molecular formula is C12H6BrClF2N2O. The second-order valence-electron chi connectivity index (χ2n) is 3.57. The number of rotatable bonds is 2. The van der Waals surface area contributed by atoms with Crippen LogP contribution in [0.5, 0.6) is 0 Å². The summed E-state index contributed by atoms with van der Waals surface area (Å²) in [6.07, 6.45) is 1.31. The summed E-state index contributed by atoms with van der Waals surface area (Å²) in [7, 11) is 0. The van der Waals surface area contributed by atoms with Crippen LogP contribution in [0.25, 0.3) is 0 Å². The highest BCUT2D eigenvalue weighted by atomic mass is 79.9. The Kier molecular flexibility index (Phi) is 4.11. The largest absolute Gasteiger partial charge is 0.318 e. The normalized spacial score (nSPS) is 10.3. The topological polar surface area (TPSA) is 42.0 Å². The lowest BCUT2D eigenvalue weighted by Crippen LogP contribution is -2.13. The van der Waals surface area contributed by atoms with E-state index in [2.05, 4.69) is 26.2 Å². The monoisotopic (exact) mass is 346 g/mol. The van der Waals surface area contributed by atoms with Crippen molar-refractivity contribution in [3.63, 3.8) is 0 Å². The zero-order valence-electron chi connectivity index (χ0n) is 9.25. The van der Waals surface area contributed by atoms with Gasteiger partial charge in [-0.3, -0.25) is 4.79 Å². The Hall–Kier alpha value is -1.53. The van der Waals surface area contributed by atoms with Gasteiger partial charge in [-0.15, -0.1) is 0 Å². The summed E-state index contributed by atoms with van der Waals surface area (Å²) in [5, 5.41) is 2.06. The Morgan fingerprint density at radius 2 is 2.05 bits per heavy atom. The molecule has 19 heavy (non-hydrogen) atoms. The SMILES string of the molecule is O=C(Nc1c(F)cc(F)cc1Cl)c1ccc(Br)nc1. The van der Waals surface area contributed by atoms with Gasteiger partial charge in [0, 0.05) is 12.3 Å². The Balaban J connectivity index is 2.26. The molecular weight excluding hydrogens is 341 g/mol. The third kappa shape index (κ3) is 3.27. The second kappa shape index (κ2) is 5.63. The molecule has 0 atom stereocenters. The molecule has 2 aromatic rings. The van der Waals surface area contributed by atoms with E-state index < -0.39 is 17.5 Å². The predicted molar refractivity (Wildman–Crippen MR) is 71.3 cm³/mol. The molecule has 1 N–H and O–H groups in total. The molecule has 0 saturated carbocycles. The van der Waals surface area contributed by atoms with Gasteiger partial charge in [-0.05, 0) is 34.1 Å². The summed E-state index contributed by atoms with van der Waals surface area (Å²) in [5.41, 5.74) is -0.0426. The first-order valence-corrected chi connectivity index (χ1v) is 6.22. The summed E-state index contributed by atoms with van der Waals surface area (Å²) in [4.78, 5) is 15.7. The average Bonchev–Trinajstić information content (AvgIpc) is 2.34. The van der Waals surface area contributed by atoms with Crippen molar-refractivity contribution in [2.45, 2.75) is 0 Å². The Bertz CT molecular complexity index is 611. The van der Waals surface area contributed by atoms with Gasteiger partial charge in [-0.2, -0.15) is 0 Å². The van der Waals surface area contributed by atoms with Crippen molar-refractivity contribution in [1.82, 2.24) is 4.98 Å². The molecule has 0 aliphatic rings. The van der Waals surface area contributed by atoms with Crippen molar-refractivity contribution in [2.24, 2.45) is 0 Å². The van der Waals surface area contributed by atoms with Crippen LogP contribution in [0.2, 0.25) is 5.02 Å². The predicted octanol–water partition coefficient (Wildman–Crippen LogP) is 4.03. The van der Waals surface area contributed by atoms with Gasteiger partial charge in [0.15, 0.2) is 5.82 Å². The van der Waals surface area contributed by atoms with Gasteiger partial charge < -0.3 is 5.32 Å². The van der Waals surface area contributed by atoms with Gasteiger partial charge in [0.2, 0.25) is 0 Å². The third-order valence-electron chi connectivity index (χ3n) is 2.23. The van der Waals surface area contributed by atoms with Crippen LogP contribution >= 0.6 is 27.5 Å². The first-order valence-electron chi connectivity index (χ1n) is 5.05. The van der Waals surface area contributed by atoms with Crippen LogP contribution in [0, 0.1) is 11.6 Å². The second-order valence-corrected chi connectivity index (χ2v) is 4.79. The highest BCUT2D eigenvalue weighted by Gasteiger charge is 2.14. The van der Waals surface area contributed by atoms with Crippen molar-refractivity contribution in [1.29, 1.82) is 0 Å². The summed E-state index contributed by atoms with van der Waals surface area (Å²) >= 11 is 8.80. The lowest BCUT2D eigenvalue weighted by Gasteiger charge is -2.08. The molecule has 0 saturated heterocycles. The van der Waals surface area contributed by atoms with Gasteiger partial charge in [-0.1, -0.05) is 11.6 Å². The molecule has 2 rings (SSSR count). The van der Waals surface area contributed by atoms with E-state index in [-0.39, 0.29) is 16.3 Å². The Morgan fingerprint density at radius 1 is 1.32 bits per heavy atom. The standard InChI is InChI=1S/C12H6BrClF2N2O/c13-10-2-1-6(5-17-10)12(19)18-11-8(14)3-7(15)4-9(11)16/h1-5H,(H,18,19). The number of hydrogen-bond donors (Lipinski definition) is 1. The molecule has 7 heteroatoms. The molecule has 0 aliphatic heterocycles. The lowest BCUT2D eigenvalue weighted by atomic mass is 10.2. The number of carbonyl (C=O) groups is 1. The minimum Gasteiger partial charge on any atom is -0.318 e. The zero-order valence-corrected chi connectivity index (χ0v) is 11.6. The molecule has 0 bridgehead atoms. The van der Waals surface area contributed by atoms with E-state index in [0.717, 1.165) is 6.07 Å². The summed E-state index contributed by atoms with van der Waals surface area (Å²) in [6.45, 7) is 0.